The Morgan fingerprint density at radius 2 is 1.90 bits per heavy atom. The average Bonchev–Trinajstić information content (AvgIpc) is 2.46. The molecule has 1 aliphatic carbocycles. The first kappa shape index (κ1) is 13.1. The van der Waals surface area contributed by atoms with E-state index in [1.165, 1.54) is 0 Å². The Morgan fingerprint density at radius 1 is 1.10 bits per heavy atom. The van der Waals surface area contributed by atoms with Crippen molar-refractivity contribution in [2.24, 2.45) is 0 Å². The summed E-state index contributed by atoms with van der Waals surface area (Å²) in [5, 5.41) is 14.8. The largest absolute Gasteiger partial charge is 0.393 e. The van der Waals surface area contributed by atoms with Crippen LogP contribution in [0.3, 0.4) is 0 Å². The summed E-state index contributed by atoms with van der Waals surface area (Å²) in [7, 11) is 0. The first-order valence-corrected chi connectivity index (χ1v) is 7.21. The smallest absolute Gasteiger partial charge is 0.252 e. The van der Waals surface area contributed by atoms with Crippen LogP contribution in [0.25, 0.3) is 10.8 Å². The molecule has 2 atom stereocenters. The van der Waals surface area contributed by atoms with Gasteiger partial charge < -0.3 is 10.4 Å². The van der Waals surface area contributed by atoms with Crippen molar-refractivity contribution >= 4 is 16.7 Å². The van der Waals surface area contributed by atoms with Crippen LogP contribution in [0.5, 0.6) is 0 Å². The van der Waals surface area contributed by atoms with E-state index in [0.29, 0.717) is 12.0 Å². The van der Waals surface area contributed by atoms with E-state index in [1.54, 1.807) is 0 Å². The van der Waals surface area contributed by atoms with Crippen LogP contribution in [0.15, 0.2) is 42.5 Å². The van der Waals surface area contributed by atoms with E-state index in [0.717, 1.165) is 30.0 Å². The molecule has 1 amide bonds. The SMILES string of the molecule is O=C(N[C@@H]1CCC[C@H](O)C1)c1cccc2ccccc12. The second-order valence-corrected chi connectivity index (χ2v) is 5.52. The zero-order valence-corrected chi connectivity index (χ0v) is 11.4. The highest BCUT2D eigenvalue weighted by Crippen LogP contribution is 2.21. The molecule has 1 aliphatic rings. The molecular weight excluding hydrogens is 250 g/mol. The maximum absolute atomic E-state index is 12.4. The maximum Gasteiger partial charge on any atom is 0.252 e. The number of carbonyl (C=O) groups is 1. The maximum atomic E-state index is 12.4. The summed E-state index contributed by atoms with van der Waals surface area (Å²) < 4.78 is 0. The molecule has 2 aromatic rings. The lowest BCUT2D eigenvalue weighted by molar-refractivity contribution is 0.0851. The molecule has 20 heavy (non-hydrogen) atoms. The number of amides is 1. The van der Waals surface area contributed by atoms with E-state index < -0.39 is 0 Å². The third-order valence-corrected chi connectivity index (χ3v) is 4.02. The summed E-state index contributed by atoms with van der Waals surface area (Å²) in [6, 6.07) is 13.8. The molecule has 3 rings (SSSR count). The van der Waals surface area contributed by atoms with Gasteiger partial charge in [-0.2, -0.15) is 0 Å². The standard InChI is InChI=1S/C17H19NO2/c19-14-8-4-7-13(11-14)18-17(20)16-10-3-6-12-5-1-2-9-15(12)16/h1-3,5-6,9-10,13-14,19H,4,7-8,11H2,(H,18,20)/t13-,14+/m1/s1. The summed E-state index contributed by atoms with van der Waals surface area (Å²) >= 11 is 0. The molecule has 0 radical (unpaired) electrons. The number of aliphatic hydroxyl groups excluding tert-OH is 1. The predicted molar refractivity (Wildman–Crippen MR) is 79.7 cm³/mol. The Hall–Kier alpha value is -1.87. The van der Waals surface area contributed by atoms with E-state index in [-0.39, 0.29) is 18.1 Å². The minimum atomic E-state index is -0.276. The van der Waals surface area contributed by atoms with Crippen molar-refractivity contribution in [2.75, 3.05) is 0 Å². The summed E-state index contributed by atoms with van der Waals surface area (Å²) in [5.74, 6) is -0.0408. The van der Waals surface area contributed by atoms with Crippen molar-refractivity contribution in [2.45, 2.75) is 37.8 Å². The number of aliphatic hydroxyl groups is 1. The Morgan fingerprint density at radius 3 is 2.75 bits per heavy atom. The summed E-state index contributed by atoms with van der Waals surface area (Å²) in [4.78, 5) is 12.4. The molecule has 3 heteroatoms. The second kappa shape index (κ2) is 5.63. The average molecular weight is 269 g/mol. The molecule has 0 heterocycles. The molecule has 0 unspecified atom stereocenters. The van der Waals surface area contributed by atoms with Gasteiger partial charge in [0.15, 0.2) is 0 Å². The van der Waals surface area contributed by atoms with E-state index in [2.05, 4.69) is 5.32 Å². The van der Waals surface area contributed by atoms with E-state index in [9.17, 15) is 9.90 Å². The lowest BCUT2D eigenvalue weighted by atomic mass is 9.92. The summed E-state index contributed by atoms with van der Waals surface area (Å²) in [6.07, 6.45) is 3.16. The third kappa shape index (κ3) is 2.68. The highest BCUT2D eigenvalue weighted by molar-refractivity contribution is 6.07. The quantitative estimate of drug-likeness (QED) is 0.880. The number of hydrogen-bond donors (Lipinski definition) is 2. The van der Waals surface area contributed by atoms with Crippen LogP contribution >= 0.6 is 0 Å². The molecule has 0 bridgehead atoms. The predicted octanol–water partition coefficient (Wildman–Crippen LogP) is 2.87. The van der Waals surface area contributed by atoms with Gasteiger partial charge in [0.1, 0.15) is 0 Å². The molecule has 104 valence electrons. The van der Waals surface area contributed by atoms with E-state index in [1.807, 2.05) is 42.5 Å². The van der Waals surface area contributed by atoms with Gasteiger partial charge in [-0.15, -0.1) is 0 Å². The lowest BCUT2D eigenvalue weighted by Crippen LogP contribution is -2.39. The van der Waals surface area contributed by atoms with Gasteiger partial charge in [0.05, 0.1) is 6.10 Å². The molecular formula is C17H19NO2. The Kier molecular flexibility index (Phi) is 3.70. The van der Waals surface area contributed by atoms with Gasteiger partial charge in [-0.05, 0) is 42.5 Å². The van der Waals surface area contributed by atoms with Crippen LogP contribution in [0, 0.1) is 0 Å². The van der Waals surface area contributed by atoms with Crippen LogP contribution in [0.1, 0.15) is 36.0 Å². The van der Waals surface area contributed by atoms with Gasteiger partial charge in [0, 0.05) is 11.6 Å². The highest BCUT2D eigenvalue weighted by Gasteiger charge is 2.22. The van der Waals surface area contributed by atoms with E-state index in [4.69, 9.17) is 0 Å². The number of carbonyl (C=O) groups excluding carboxylic acids is 1. The van der Waals surface area contributed by atoms with E-state index >= 15 is 0 Å². The summed E-state index contributed by atoms with van der Waals surface area (Å²) in [5.41, 5.74) is 0.711. The molecule has 2 N–H and O–H groups in total. The molecule has 3 nitrogen and oxygen atoms in total. The second-order valence-electron chi connectivity index (χ2n) is 5.52. The van der Waals surface area contributed by atoms with Gasteiger partial charge in [-0.3, -0.25) is 4.79 Å². The number of benzene rings is 2. The molecule has 2 aromatic carbocycles. The van der Waals surface area contributed by atoms with Crippen molar-refractivity contribution in [1.29, 1.82) is 0 Å². The first-order valence-electron chi connectivity index (χ1n) is 7.21. The van der Waals surface area contributed by atoms with Crippen molar-refractivity contribution in [1.82, 2.24) is 5.32 Å². The Balaban J connectivity index is 1.82. The van der Waals surface area contributed by atoms with Crippen LogP contribution < -0.4 is 5.32 Å². The normalized spacial score (nSPS) is 22.6. The Bertz CT molecular complexity index is 618. The van der Waals surface area contributed by atoms with Crippen molar-refractivity contribution in [3.8, 4) is 0 Å². The zero-order valence-electron chi connectivity index (χ0n) is 11.4. The molecule has 1 fully saturated rings. The Labute approximate surface area is 118 Å². The fourth-order valence-corrected chi connectivity index (χ4v) is 2.98. The highest BCUT2D eigenvalue weighted by atomic mass is 16.3. The fraction of sp³-hybridized carbons (Fsp3) is 0.353. The van der Waals surface area contributed by atoms with Gasteiger partial charge >= 0.3 is 0 Å². The molecule has 0 saturated heterocycles. The van der Waals surface area contributed by atoms with Crippen molar-refractivity contribution in [3.05, 3.63) is 48.0 Å². The minimum Gasteiger partial charge on any atom is -0.393 e. The van der Waals surface area contributed by atoms with Gasteiger partial charge in [0.25, 0.3) is 5.91 Å². The van der Waals surface area contributed by atoms with Gasteiger partial charge in [0.2, 0.25) is 0 Å². The lowest BCUT2D eigenvalue weighted by Gasteiger charge is -2.26. The third-order valence-electron chi connectivity index (χ3n) is 4.02. The minimum absolute atomic E-state index is 0.0408. The molecule has 0 aromatic heterocycles. The van der Waals surface area contributed by atoms with Crippen LogP contribution in [0.4, 0.5) is 0 Å². The van der Waals surface area contributed by atoms with Crippen LogP contribution in [-0.2, 0) is 0 Å². The van der Waals surface area contributed by atoms with Crippen LogP contribution in [-0.4, -0.2) is 23.2 Å². The van der Waals surface area contributed by atoms with Gasteiger partial charge in [-0.25, -0.2) is 0 Å². The topological polar surface area (TPSA) is 49.3 Å². The number of nitrogens with one attached hydrogen (secondary N) is 1. The number of rotatable bonds is 2. The molecule has 0 aliphatic heterocycles. The van der Waals surface area contributed by atoms with Crippen molar-refractivity contribution in [3.63, 3.8) is 0 Å². The molecule has 1 saturated carbocycles. The van der Waals surface area contributed by atoms with Gasteiger partial charge in [-0.1, -0.05) is 36.4 Å². The molecule has 0 spiro atoms. The van der Waals surface area contributed by atoms with Crippen LogP contribution in [0.2, 0.25) is 0 Å². The number of hydrogen-bond acceptors (Lipinski definition) is 2. The number of fused-ring (bicyclic) bond motifs is 1. The fourth-order valence-electron chi connectivity index (χ4n) is 2.98. The monoisotopic (exact) mass is 269 g/mol. The van der Waals surface area contributed by atoms with Crippen molar-refractivity contribution < 1.29 is 9.90 Å². The summed E-state index contributed by atoms with van der Waals surface area (Å²) in [6.45, 7) is 0. The zero-order chi connectivity index (χ0) is 13.9. The first-order chi connectivity index (χ1) is 9.74.